The number of amides is 1. The molecule has 2 atom stereocenters. The second kappa shape index (κ2) is 7.40. The average Bonchev–Trinajstić information content (AvgIpc) is 3.20. The van der Waals surface area contributed by atoms with Crippen molar-refractivity contribution in [3.63, 3.8) is 0 Å². The van der Waals surface area contributed by atoms with Crippen LogP contribution in [0.5, 0.6) is 0 Å². The molecule has 2 aromatic rings. The number of carbonyl (C=O) groups is 1. The Bertz CT molecular complexity index is 910. The molecule has 0 spiro atoms. The molecule has 7 nitrogen and oxygen atoms in total. The van der Waals surface area contributed by atoms with Gasteiger partial charge in [-0.1, -0.05) is 30.0 Å². The van der Waals surface area contributed by atoms with Crippen LogP contribution in [0.2, 0.25) is 0 Å². The van der Waals surface area contributed by atoms with Crippen molar-refractivity contribution in [1.29, 1.82) is 0 Å². The van der Waals surface area contributed by atoms with Crippen LogP contribution in [0.3, 0.4) is 0 Å². The van der Waals surface area contributed by atoms with Crippen molar-refractivity contribution in [1.82, 2.24) is 15.1 Å². The lowest BCUT2D eigenvalue weighted by Gasteiger charge is -2.25. The summed E-state index contributed by atoms with van der Waals surface area (Å²) in [6.45, 7) is 3.72. The van der Waals surface area contributed by atoms with Crippen LogP contribution in [-0.2, 0) is 14.6 Å². The zero-order valence-electron chi connectivity index (χ0n) is 14.9. The van der Waals surface area contributed by atoms with Gasteiger partial charge in [-0.3, -0.25) is 4.79 Å². The molecule has 2 heterocycles. The molecule has 0 bridgehead atoms. The quantitative estimate of drug-likeness (QED) is 0.716. The number of benzene rings is 1. The van der Waals surface area contributed by atoms with E-state index in [1.54, 1.807) is 14.0 Å². The van der Waals surface area contributed by atoms with Gasteiger partial charge in [0.1, 0.15) is 0 Å². The van der Waals surface area contributed by atoms with Crippen molar-refractivity contribution in [2.24, 2.45) is 0 Å². The Hall–Kier alpha value is -1.87. The molecule has 1 amide bonds. The maximum atomic E-state index is 12.6. The van der Waals surface area contributed by atoms with Crippen molar-refractivity contribution in [3.05, 3.63) is 29.8 Å². The van der Waals surface area contributed by atoms with E-state index in [0.29, 0.717) is 17.5 Å². The normalized spacial score (nSPS) is 20.0. The molecule has 0 saturated carbocycles. The predicted molar refractivity (Wildman–Crippen MR) is 99.6 cm³/mol. The summed E-state index contributed by atoms with van der Waals surface area (Å²) in [5.74, 6) is 0.443. The third-order valence-corrected chi connectivity index (χ3v) is 7.18. The van der Waals surface area contributed by atoms with Gasteiger partial charge in [0.05, 0.1) is 16.8 Å². The van der Waals surface area contributed by atoms with E-state index in [-0.39, 0.29) is 23.5 Å². The summed E-state index contributed by atoms with van der Waals surface area (Å²) < 4.78 is 28.9. The summed E-state index contributed by atoms with van der Waals surface area (Å²) in [5, 5.41) is 7.94. The van der Waals surface area contributed by atoms with Gasteiger partial charge in [-0.05, 0) is 31.9 Å². The zero-order chi connectivity index (χ0) is 18.9. The van der Waals surface area contributed by atoms with Gasteiger partial charge in [-0.2, -0.15) is 0 Å². The molecule has 1 saturated heterocycles. The number of hydrogen-bond acceptors (Lipinski definition) is 7. The minimum atomic E-state index is -3.03. The average molecular weight is 396 g/mol. The van der Waals surface area contributed by atoms with Gasteiger partial charge in [-0.15, -0.1) is 10.2 Å². The Morgan fingerprint density at radius 1 is 1.35 bits per heavy atom. The molecule has 0 unspecified atom stereocenters. The fourth-order valence-electron chi connectivity index (χ4n) is 2.93. The summed E-state index contributed by atoms with van der Waals surface area (Å²) in [7, 11) is -1.38. The Kier molecular flexibility index (Phi) is 5.38. The van der Waals surface area contributed by atoms with Crippen LogP contribution in [0.25, 0.3) is 11.5 Å². The minimum absolute atomic E-state index is 0.0324. The number of aryl methyl sites for hydroxylation is 1. The SMILES string of the molecule is Cc1ccccc1-c1nnc(S[C@H](C)C(=O)N(C)[C@H]2CCS(=O)(=O)C2)o1. The second-order valence-corrected chi connectivity index (χ2v) is 9.97. The summed E-state index contributed by atoms with van der Waals surface area (Å²) in [6, 6.07) is 7.44. The smallest absolute Gasteiger partial charge is 0.277 e. The van der Waals surface area contributed by atoms with Gasteiger partial charge < -0.3 is 9.32 Å². The summed E-state index contributed by atoms with van der Waals surface area (Å²) in [6.07, 6.45) is 0.486. The topological polar surface area (TPSA) is 93.4 Å². The van der Waals surface area contributed by atoms with E-state index in [1.807, 2.05) is 31.2 Å². The monoisotopic (exact) mass is 395 g/mol. The van der Waals surface area contributed by atoms with Crippen LogP contribution in [-0.4, -0.2) is 59.3 Å². The molecule has 1 aliphatic rings. The first-order valence-corrected chi connectivity index (χ1v) is 11.0. The third kappa shape index (κ3) is 4.09. The van der Waals surface area contributed by atoms with Crippen LogP contribution in [0.1, 0.15) is 18.9 Å². The highest BCUT2D eigenvalue weighted by Crippen LogP contribution is 2.29. The minimum Gasteiger partial charge on any atom is -0.411 e. The number of carbonyl (C=O) groups excluding carboxylic acids is 1. The lowest BCUT2D eigenvalue weighted by molar-refractivity contribution is -0.130. The van der Waals surface area contributed by atoms with E-state index in [1.165, 1.54) is 16.7 Å². The molecular formula is C17H21N3O4S2. The van der Waals surface area contributed by atoms with Gasteiger partial charge in [0, 0.05) is 18.7 Å². The molecule has 3 rings (SSSR count). The van der Waals surface area contributed by atoms with Crippen LogP contribution >= 0.6 is 11.8 Å². The van der Waals surface area contributed by atoms with E-state index in [0.717, 1.165) is 11.1 Å². The first-order valence-electron chi connectivity index (χ1n) is 8.30. The highest BCUT2D eigenvalue weighted by atomic mass is 32.2. The lowest BCUT2D eigenvalue weighted by atomic mass is 10.1. The maximum absolute atomic E-state index is 12.6. The molecule has 0 radical (unpaired) electrons. The number of hydrogen-bond donors (Lipinski definition) is 0. The zero-order valence-corrected chi connectivity index (χ0v) is 16.5. The fraction of sp³-hybridized carbons (Fsp3) is 0.471. The van der Waals surface area contributed by atoms with Gasteiger partial charge in [0.15, 0.2) is 9.84 Å². The highest BCUT2D eigenvalue weighted by Gasteiger charge is 2.34. The Morgan fingerprint density at radius 2 is 2.08 bits per heavy atom. The van der Waals surface area contributed by atoms with E-state index in [4.69, 9.17) is 4.42 Å². The molecule has 26 heavy (non-hydrogen) atoms. The van der Waals surface area contributed by atoms with E-state index < -0.39 is 15.1 Å². The number of rotatable bonds is 5. The van der Waals surface area contributed by atoms with Crippen molar-refractivity contribution in [2.75, 3.05) is 18.6 Å². The van der Waals surface area contributed by atoms with Crippen LogP contribution in [0.15, 0.2) is 33.9 Å². The highest BCUT2D eigenvalue weighted by molar-refractivity contribution is 8.00. The predicted octanol–water partition coefficient (Wildman–Crippen LogP) is 2.17. The van der Waals surface area contributed by atoms with Crippen molar-refractivity contribution in [2.45, 2.75) is 36.8 Å². The van der Waals surface area contributed by atoms with E-state index in [9.17, 15) is 13.2 Å². The molecule has 0 N–H and O–H groups in total. The number of thioether (sulfide) groups is 1. The molecule has 140 valence electrons. The van der Waals surface area contributed by atoms with Crippen LogP contribution in [0, 0.1) is 6.92 Å². The van der Waals surface area contributed by atoms with Gasteiger partial charge in [0.25, 0.3) is 5.22 Å². The third-order valence-electron chi connectivity index (χ3n) is 4.51. The lowest BCUT2D eigenvalue weighted by Crippen LogP contribution is -2.41. The Balaban J connectivity index is 1.66. The largest absolute Gasteiger partial charge is 0.411 e. The first-order chi connectivity index (χ1) is 12.3. The second-order valence-electron chi connectivity index (χ2n) is 6.45. The molecule has 9 heteroatoms. The molecule has 0 aliphatic carbocycles. The first kappa shape index (κ1) is 18.9. The fourth-order valence-corrected chi connectivity index (χ4v) is 5.49. The molecule has 1 fully saturated rings. The van der Waals surface area contributed by atoms with E-state index in [2.05, 4.69) is 10.2 Å². The molecule has 1 aliphatic heterocycles. The van der Waals surface area contributed by atoms with Gasteiger partial charge >= 0.3 is 0 Å². The Labute approximate surface area is 157 Å². The Morgan fingerprint density at radius 3 is 2.73 bits per heavy atom. The van der Waals surface area contributed by atoms with Crippen LogP contribution < -0.4 is 0 Å². The van der Waals surface area contributed by atoms with E-state index >= 15 is 0 Å². The summed E-state index contributed by atoms with van der Waals surface area (Å²) >= 11 is 1.18. The maximum Gasteiger partial charge on any atom is 0.277 e. The number of aromatic nitrogens is 2. The summed E-state index contributed by atoms with van der Waals surface area (Å²) in [5.41, 5.74) is 1.89. The van der Waals surface area contributed by atoms with Crippen molar-refractivity contribution < 1.29 is 17.6 Å². The number of nitrogens with zero attached hydrogens (tertiary/aromatic N) is 3. The standard InChI is InChI=1S/C17H21N3O4S2/c1-11-6-4-5-7-14(11)15-18-19-17(24-15)25-12(2)16(21)20(3)13-8-9-26(22,23)10-13/h4-7,12-13H,8-10H2,1-3H3/t12-,13+/m1/s1. The van der Waals surface area contributed by atoms with Crippen molar-refractivity contribution in [3.8, 4) is 11.5 Å². The van der Waals surface area contributed by atoms with Gasteiger partial charge in [0.2, 0.25) is 11.8 Å². The molecule has 1 aromatic heterocycles. The number of sulfone groups is 1. The van der Waals surface area contributed by atoms with Crippen LogP contribution in [0.4, 0.5) is 0 Å². The summed E-state index contributed by atoms with van der Waals surface area (Å²) in [4.78, 5) is 14.1. The molecular weight excluding hydrogens is 374 g/mol. The van der Waals surface area contributed by atoms with Crippen molar-refractivity contribution >= 4 is 27.5 Å². The van der Waals surface area contributed by atoms with Gasteiger partial charge in [-0.25, -0.2) is 8.42 Å². The molecule has 1 aromatic carbocycles.